The van der Waals surface area contributed by atoms with E-state index in [0.29, 0.717) is 10.9 Å². The molecule has 0 aliphatic carbocycles. The maximum atomic E-state index is 12.8. The second kappa shape index (κ2) is 37.8. The molecule has 6 aromatic rings. The zero-order valence-electron chi connectivity index (χ0n) is 54.7. The number of carbonyl (C=O) groups is 3. The van der Waals surface area contributed by atoms with E-state index in [2.05, 4.69) is 258 Å². The van der Waals surface area contributed by atoms with Gasteiger partial charge < -0.3 is 27.9 Å². The number of alkyl halides is 12. The minimum absolute atomic E-state index is 0.0146. The minimum atomic E-state index is -6.67. The Morgan fingerprint density at radius 2 is 0.677 bits per heavy atom. The van der Waals surface area contributed by atoms with Crippen LogP contribution in [0.2, 0.25) is 0 Å². The Morgan fingerprint density at radius 1 is 0.424 bits per heavy atom. The topological polar surface area (TPSA) is 250 Å². The van der Waals surface area contributed by atoms with Crippen LogP contribution in [0.4, 0.5) is 52.7 Å². The van der Waals surface area contributed by atoms with Crippen LogP contribution in [-0.4, -0.2) is 116 Å². The molecule has 0 aliphatic heterocycles. The molecule has 0 aliphatic rings. The molecule has 0 fully saturated rings. The molecule has 6 rings (SSSR count). The monoisotopic (exact) mass is 1620 g/mol. The molecule has 0 saturated heterocycles. The van der Waals surface area contributed by atoms with E-state index in [1.807, 2.05) is 0 Å². The molecule has 0 bridgehead atoms. The van der Waals surface area contributed by atoms with E-state index in [1.165, 1.54) is 44.8 Å². The number of benzene rings is 6. The molecule has 15 nitrogen and oxygen atoms in total. The standard InChI is InChI=1S/C20H26I.C18H15S.C8H11S.2C7H7F5O5S.C6H8F2O5S/c1-19(2,3)15-7-11-17(12-8-15)21-18-13-9-16(10-14-18)20(4,5)6;1-4-10-16(11-5-1)19(17-12-6-2-7-13-17)18-14-8-3-9-15-18;1-9(2)8-6-4-3-5-7-8;2*1-3(2)4(13)17-5(6(8,9)10)7(11,12)18(14,15)16;1-4(2)5(9)13-3-6(7,8)14(10,11)12/h7-14H,1-6H3;1-15H;3-7H,1-2H3;2*5H,1H2,2H3,(H,14,15,16);1,3H2,2H3,(H,10,11,12)/q3*+1;;;/p-3. The molecule has 546 valence electrons. The van der Waals surface area contributed by atoms with Gasteiger partial charge in [0.2, 0.25) is 0 Å². The molecule has 2 atom stereocenters. The number of ether oxygens (including phenoxy) is 3. The lowest BCUT2D eigenvalue weighted by Gasteiger charge is -2.29. The van der Waals surface area contributed by atoms with Crippen LogP contribution in [0.5, 0.6) is 0 Å². The van der Waals surface area contributed by atoms with Gasteiger partial charge in [-0.25, -0.2) is 39.6 Å². The quantitative estimate of drug-likeness (QED) is 0.0148. The summed E-state index contributed by atoms with van der Waals surface area (Å²) >= 11 is -0.0703. The average molecular weight is 1620 g/mol. The number of hydrogen-bond donors (Lipinski definition) is 0. The number of hydrogen-bond acceptors (Lipinski definition) is 15. The average Bonchev–Trinajstić information content (AvgIpc) is 0.784. The molecule has 0 N–H and O–H groups in total. The fraction of sp³-hybridized carbons (Fsp3) is 0.318. The van der Waals surface area contributed by atoms with E-state index in [9.17, 15) is 106 Å². The van der Waals surface area contributed by atoms with Crippen molar-refractivity contribution in [3.63, 3.8) is 0 Å². The smallest absolute Gasteiger partial charge is 0.432 e. The van der Waals surface area contributed by atoms with Gasteiger partial charge in [0.1, 0.15) is 12.5 Å². The van der Waals surface area contributed by atoms with Crippen molar-refractivity contribution in [2.75, 3.05) is 19.1 Å². The van der Waals surface area contributed by atoms with Crippen LogP contribution in [0.15, 0.2) is 226 Å². The van der Waals surface area contributed by atoms with Crippen molar-refractivity contribution in [3.8, 4) is 0 Å². The predicted molar refractivity (Wildman–Crippen MR) is 344 cm³/mol. The highest BCUT2D eigenvalue weighted by atomic mass is 127. The van der Waals surface area contributed by atoms with Gasteiger partial charge >= 0.3 is 67.2 Å². The molecular formula is C66H71F12IO15S5. The predicted octanol–water partition coefficient (Wildman–Crippen LogP) is 11.7. The van der Waals surface area contributed by atoms with Gasteiger partial charge in [-0.3, -0.25) is 0 Å². The van der Waals surface area contributed by atoms with Crippen LogP contribution in [0, 0.1) is 7.14 Å². The van der Waals surface area contributed by atoms with Crippen molar-refractivity contribution >= 4 is 70.1 Å². The third-order valence-corrected chi connectivity index (χ3v) is 20.6. The number of halogens is 13. The molecule has 0 spiro atoms. The molecule has 0 heterocycles. The maximum Gasteiger partial charge on any atom is 0.432 e. The first-order valence-corrected chi connectivity index (χ1v) is 37.6. The molecule has 0 saturated carbocycles. The zero-order valence-corrected chi connectivity index (χ0v) is 61.0. The third-order valence-electron chi connectivity index (χ3n) is 11.9. The van der Waals surface area contributed by atoms with Gasteiger partial charge in [-0.2, -0.15) is 52.7 Å². The first kappa shape index (κ1) is 90.3. The lowest BCUT2D eigenvalue weighted by molar-refractivity contribution is -0.597. The van der Waals surface area contributed by atoms with E-state index >= 15 is 0 Å². The molecular weight excluding hydrogens is 1550 g/mol. The lowest BCUT2D eigenvalue weighted by atomic mass is 9.87. The van der Waals surface area contributed by atoms with E-state index < -0.39 is 106 Å². The van der Waals surface area contributed by atoms with Crippen LogP contribution in [0.1, 0.15) is 73.4 Å². The van der Waals surface area contributed by atoms with Gasteiger partial charge in [0, 0.05) is 27.6 Å². The SMILES string of the molecule is C=C(C)C(=O)OC(C(F)(F)F)C(F)(F)S(=O)(=O)[O-].C=C(C)C(=O)OC(C(F)(F)F)C(F)(F)S(=O)(=O)[O-].C=C(C)C(=O)OCC(F)(F)S(=O)(=O)[O-].CC(C)(C)c1ccc([I+]c2ccc(C(C)(C)C)cc2)cc1.C[S+](C)c1ccccc1.c1ccc([S+](c2ccccc2)c2ccccc2)cc1. The van der Waals surface area contributed by atoms with Gasteiger partial charge in [-0.1, -0.05) is 158 Å². The van der Waals surface area contributed by atoms with Crippen LogP contribution in [0.25, 0.3) is 0 Å². The molecule has 6 aromatic carbocycles. The highest BCUT2D eigenvalue weighted by Gasteiger charge is 2.64. The summed E-state index contributed by atoms with van der Waals surface area (Å²) in [7, 11) is -18.7. The lowest BCUT2D eigenvalue weighted by Crippen LogP contribution is -3.61. The summed E-state index contributed by atoms with van der Waals surface area (Å²) < 4.78 is 252. The zero-order chi connectivity index (χ0) is 76.7. The van der Waals surface area contributed by atoms with E-state index in [4.69, 9.17) is 0 Å². The Bertz CT molecular complexity index is 3720. The summed E-state index contributed by atoms with van der Waals surface area (Å²) in [6, 6.07) is 61.1. The highest BCUT2D eigenvalue weighted by molar-refractivity contribution is 7.97. The molecule has 99 heavy (non-hydrogen) atoms. The Kier molecular flexibility index (Phi) is 34.5. The summed E-state index contributed by atoms with van der Waals surface area (Å²) in [5.74, 6) is -4.99. The Balaban J connectivity index is 0.000000603. The first-order valence-electron chi connectivity index (χ1n) is 28.0. The Labute approximate surface area is 584 Å². The van der Waals surface area contributed by atoms with Gasteiger partial charge in [0.15, 0.2) is 63.7 Å². The second-order valence-electron chi connectivity index (χ2n) is 22.7. The fourth-order valence-corrected chi connectivity index (χ4v) is 12.7. The van der Waals surface area contributed by atoms with Crippen LogP contribution in [-0.2, 0) is 91.6 Å². The molecule has 0 radical (unpaired) electrons. The van der Waals surface area contributed by atoms with Crippen molar-refractivity contribution in [1.82, 2.24) is 0 Å². The summed E-state index contributed by atoms with van der Waals surface area (Å²) in [6.07, 6.45) is -16.2. The van der Waals surface area contributed by atoms with Gasteiger partial charge in [-0.15, -0.1) is 0 Å². The summed E-state index contributed by atoms with van der Waals surface area (Å²) in [5.41, 5.74) is 1.78. The van der Waals surface area contributed by atoms with Crippen LogP contribution >= 0.6 is 0 Å². The van der Waals surface area contributed by atoms with E-state index in [-0.39, 0.29) is 48.5 Å². The maximum absolute atomic E-state index is 12.8. The van der Waals surface area contributed by atoms with Crippen LogP contribution in [0.3, 0.4) is 0 Å². The van der Waals surface area contributed by atoms with Crippen LogP contribution < -0.4 is 21.2 Å². The van der Waals surface area contributed by atoms with E-state index in [0.717, 1.165) is 13.8 Å². The number of carbonyl (C=O) groups excluding carboxylic acids is 3. The Hall–Kier alpha value is -6.73. The van der Waals surface area contributed by atoms with Gasteiger partial charge in [0.05, 0.1) is 10.9 Å². The molecule has 33 heteroatoms. The van der Waals surface area contributed by atoms with Crippen molar-refractivity contribution in [2.45, 2.75) is 133 Å². The van der Waals surface area contributed by atoms with Crippen molar-refractivity contribution in [1.29, 1.82) is 0 Å². The van der Waals surface area contributed by atoms with Gasteiger partial charge in [-0.05, 0) is 116 Å². The third kappa shape index (κ3) is 30.6. The Morgan fingerprint density at radius 3 is 0.869 bits per heavy atom. The minimum Gasteiger partial charge on any atom is -0.743 e. The fourth-order valence-electron chi connectivity index (χ4n) is 6.60. The van der Waals surface area contributed by atoms with E-state index in [1.54, 1.807) is 0 Å². The van der Waals surface area contributed by atoms with Crippen molar-refractivity contribution < 1.29 is 141 Å². The second-order valence-corrected chi connectivity index (χ2v) is 34.2. The van der Waals surface area contributed by atoms with Crippen molar-refractivity contribution in [3.05, 3.63) is 225 Å². The molecule has 0 amide bonds. The van der Waals surface area contributed by atoms with Gasteiger partial charge in [0.25, 0.3) is 12.2 Å². The summed E-state index contributed by atoms with van der Waals surface area (Å²) in [6.45, 7) is 23.4. The molecule has 0 aromatic heterocycles. The number of rotatable bonds is 18. The highest BCUT2D eigenvalue weighted by Crippen LogP contribution is 2.40. The summed E-state index contributed by atoms with van der Waals surface area (Å²) in [5, 5.41) is -16.3. The number of esters is 3. The van der Waals surface area contributed by atoms with Crippen molar-refractivity contribution in [2.24, 2.45) is 0 Å². The first-order chi connectivity index (χ1) is 44.9. The molecule has 2 unspecified atom stereocenters. The largest absolute Gasteiger partial charge is 0.743 e. The summed E-state index contributed by atoms with van der Waals surface area (Å²) in [4.78, 5) is 37.5. The normalized spacial score (nSPS) is 12.8.